The number of carbonyl (C=O) groups is 1. The minimum atomic E-state index is -5.93. The maximum Gasteiger partial charge on any atom is 0.501 e. The van der Waals surface area contributed by atoms with Crippen molar-refractivity contribution in [1.82, 2.24) is 5.32 Å². The fourth-order valence-corrected chi connectivity index (χ4v) is 11.7. The van der Waals surface area contributed by atoms with Gasteiger partial charge in [0.25, 0.3) is 9.84 Å². The molecule has 1 saturated heterocycles. The topological polar surface area (TPSA) is 188 Å². The molecule has 0 radical (unpaired) electrons. The van der Waals surface area contributed by atoms with Crippen molar-refractivity contribution in [3.63, 3.8) is 0 Å². The van der Waals surface area contributed by atoms with Crippen LogP contribution >= 0.6 is 43.6 Å². The first-order valence-corrected chi connectivity index (χ1v) is 27.8. The average molecular weight is 1080 g/mol. The van der Waals surface area contributed by atoms with E-state index in [1.807, 2.05) is 85.8 Å². The number of hydrogen-bond acceptors (Lipinski definition) is 11. The minimum absolute atomic E-state index is 0. The second-order valence-electron chi connectivity index (χ2n) is 16.2. The zero-order valence-electron chi connectivity index (χ0n) is 37.8. The van der Waals surface area contributed by atoms with Gasteiger partial charge in [-0.05, 0) is 127 Å². The molecule has 0 spiro atoms. The highest BCUT2D eigenvalue weighted by Gasteiger charge is 2.48. The van der Waals surface area contributed by atoms with E-state index in [1.165, 1.54) is 23.9 Å². The van der Waals surface area contributed by atoms with E-state index in [-0.39, 0.29) is 48.4 Å². The number of benzene rings is 5. The molecule has 1 aliphatic rings. The molecule has 1 heterocycles. The number of aliphatic hydroxyl groups excluding tert-OH is 1. The van der Waals surface area contributed by atoms with Gasteiger partial charge in [-0.2, -0.15) is 13.2 Å². The molecule has 1 fully saturated rings. The van der Waals surface area contributed by atoms with E-state index in [2.05, 4.69) is 14.7 Å². The van der Waals surface area contributed by atoms with Crippen LogP contribution in [0.4, 0.5) is 18.9 Å². The molecule has 0 saturated carbocycles. The van der Waals surface area contributed by atoms with E-state index in [0.29, 0.717) is 62.2 Å². The molecule has 5 aromatic carbocycles. The van der Waals surface area contributed by atoms with E-state index < -0.39 is 60.4 Å². The van der Waals surface area contributed by atoms with Gasteiger partial charge in [0.05, 0.1) is 22.5 Å². The summed E-state index contributed by atoms with van der Waals surface area (Å²) in [6, 6.07) is 33.8. The third kappa shape index (κ3) is 16.6. The van der Waals surface area contributed by atoms with Crippen molar-refractivity contribution in [2.75, 3.05) is 49.7 Å². The first-order valence-electron chi connectivity index (χ1n) is 21.7. The van der Waals surface area contributed by atoms with Gasteiger partial charge in [-0.1, -0.05) is 85.6 Å². The van der Waals surface area contributed by atoms with Crippen molar-refractivity contribution >= 4 is 74.7 Å². The number of nitrogens with zero attached hydrogens (tertiary/aromatic N) is 1. The van der Waals surface area contributed by atoms with Crippen LogP contribution < -0.4 is 10.2 Å². The number of phosphoric acid groups is 1. The lowest BCUT2D eigenvalue weighted by Crippen LogP contribution is -2.35. The number of rotatable bonds is 20. The molecule has 0 amide bonds. The maximum absolute atomic E-state index is 14.0. The Labute approximate surface area is 417 Å². The number of Topliss-reactive ketones (excluding diaryl/α,β-unsaturated/α-hetero) is 1. The predicted octanol–water partition coefficient (Wildman–Crippen LogP) is 10.4. The fraction of sp³-hybridized carbons (Fsp3) is 0.354. The molecular formula is C48H56Cl2F3N2O10PS3. The van der Waals surface area contributed by atoms with Crippen LogP contribution in [0.15, 0.2) is 136 Å². The monoisotopic (exact) mass is 1070 g/mol. The molecular weight excluding hydrogens is 1020 g/mol. The smallest absolute Gasteiger partial charge is 0.388 e. The normalized spacial score (nSPS) is 14.5. The Morgan fingerprint density at radius 3 is 2.13 bits per heavy atom. The van der Waals surface area contributed by atoms with E-state index in [4.69, 9.17) is 21.4 Å². The number of phosphoric ester groups is 1. The number of ketones is 1. The Hall–Kier alpha value is -3.78. The van der Waals surface area contributed by atoms with Gasteiger partial charge in [0.2, 0.25) is 0 Å². The number of anilines is 1. The minimum Gasteiger partial charge on any atom is -0.388 e. The number of hydrogen-bond donors (Lipinski definition) is 4. The number of aliphatic hydroxyl groups is 1. The first-order chi connectivity index (χ1) is 32.1. The van der Waals surface area contributed by atoms with Crippen LogP contribution in [-0.4, -0.2) is 87.8 Å². The van der Waals surface area contributed by atoms with Crippen LogP contribution in [0.5, 0.6) is 0 Å². The predicted molar refractivity (Wildman–Crippen MR) is 268 cm³/mol. The summed E-state index contributed by atoms with van der Waals surface area (Å²) in [4.78, 5) is 30.8. The Morgan fingerprint density at radius 2 is 1.54 bits per heavy atom. The van der Waals surface area contributed by atoms with E-state index in [1.54, 1.807) is 19.2 Å². The average Bonchev–Trinajstić information content (AvgIpc) is 3.31. The summed E-state index contributed by atoms with van der Waals surface area (Å²) in [5, 5.41) is 14.8. The number of sulfone groups is 2. The number of alkyl halides is 3. The SMILES string of the molecule is CCC[C@H](CSc1ccccc1)Cc1ccc(S(=O)(=O)CC(=O)c2ccc(N3CCC([C@@H](O)c4ccccc4-c4ccc(Cl)cc4)CC3)cc2)cc1S(=O)(=O)C(F)(F)F.CNCCOP(=O)(O)O.Cl. The Balaban J connectivity index is 0.000000941. The van der Waals surface area contributed by atoms with Gasteiger partial charge in [-0.3, -0.25) is 9.32 Å². The van der Waals surface area contributed by atoms with E-state index in [0.717, 1.165) is 39.4 Å². The summed E-state index contributed by atoms with van der Waals surface area (Å²) < 4.78 is 109. The van der Waals surface area contributed by atoms with Crippen molar-refractivity contribution in [2.45, 2.75) is 65.3 Å². The van der Waals surface area contributed by atoms with E-state index in [9.17, 15) is 44.5 Å². The second kappa shape index (κ2) is 26.1. The molecule has 12 nitrogen and oxygen atoms in total. The summed E-state index contributed by atoms with van der Waals surface area (Å²) in [5.74, 6) is -1.53. The summed E-state index contributed by atoms with van der Waals surface area (Å²) >= 11 is 7.60. The van der Waals surface area contributed by atoms with Crippen LogP contribution in [0.25, 0.3) is 11.1 Å². The molecule has 0 aliphatic carbocycles. The quantitative estimate of drug-likeness (QED) is 0.0250. The lowest BCUT2D eigenvalue weighted by Gasteiger charge is -2.36. The van der Waals surface area contributed by atoms with Crippen molar-refractivity contribution in [1.29, 1.82) is 0 Å². The van der Waals surface area contributed by atoms with Gasteiger partial charge in [-0.15, -0.1) is 24.2 Å². The Kier molecular flexibility index (Phi) is 21.8. The van der Waals surface area contributed by atoms with Crippen molar-refractivity contribution in [3.8, 4) is 11.1 Å². The highest BCUT2D eigenvalue weighted by molar-refractivity contribution is 7.99. The third-order valence-corrected chi connectivity index (χ3v) is 16.5. The van der Waals surface area contributed by atoms with Gasteiger partial charge < -0.3 is 25.1 Å². The zero-order valence-corrected chi connectivity index (χ0v) is 42.7. The van der Waals surface area contributed by atoms with Crippen LogP contribution in [0.1, 0.15) is 60.2 Å². The highest BCUT2D eigenvalue weighted by Crippen LogP contribution is 2.39. The van der Waals surface area contributed by atoms with Gasteiger partial charge in [0.1, 0.15) is 5.75 Å². The van der Waals surface area contributed by atoms with Crippen molar-refractivity contribution in [2.24, 2.45) is 11.8 Å². The zero-order chi connectivity index (χ0) is 49.7. The summed E-state index contributed by atoms with van der Waals surface area (Å²) in [7, 11) is -13.0. The number of piperidine rings is 1. The van der Waals surface area contributed by atoms with Gasteiger partial charge >= 0.3 is 13.3 Å². The Morgan fingerprint density at radius 1 is 0.913 bits per heavy atom. The molecule has 0 aromatic heterocycles. The molecule has 376 valence electrons. The summed E-state index contributed by atoms with van der Waals surface area (Å²) in [6.07, 6.45) is 2.02. The molecule has 21 heteroatoms. The molecule has 69 heavy (non-hydrogen) atoms. The lowest BCUT2D eigenvalue weighted by molar-refractivity contribution is -0.0436. The Bertz CT molecular complexity index is 2710. The lowest BCUT2D eigenvalue weighted by atomic mass is 9.84. The highest BCUT2D eigenvalue weighted by atomic mass is 35.5. The maximum atomic E-state index is 14.0. The van der Waals surface area contributed by atoms with E-state index >= 15 is 0 Å². The molecule has 2 atom stereocenters. The standard InChI is InChI=1S/C45H45ClF3NO6S3.C3H10NO4P.ClH/c1-2-8-31(29-57-38-9-4-3-5-10-38)27-35-17-22-39(28-43(35)59(55,56)45(47,48)49)58(53,54)30-42(51)33-15-20-37(21-16-33)50-25-23-34(24-26-50)44(52)41-12-7-6-11-40(41)32-13-18-36(46)19-14-32;1-4-2-3-8-9(5,6)7;/h3-7,9-22,28,31,34,44,52H,2,8,23-27,29-30H2,1H3;4H,2-3H2,1H3,(H2,5,6,7);1H/t31-,44+;;/m0../s1. The van der Waals surface area contributed by atoms with Crippen LogP contribution in [0, 0.1) is 11.8 Å². The van der Waals surface area contributed by atoms with Crippen molar-refractivity contribution in [3.05, 3.63) is 143 Å². The second-order valence-corrected chi connectivity index (χ2v) is 22.9. The molecule has 4 N–H and O–H groups in total. The van der Waals surface area contributed by atoms with Crippen LogP contribution in [0.3, 0.4) is 0 Å². The van der Waals surface area contributed by atoms with Gasteiger partial charge in [0.15, 0.2) is 15.6 Å². The number of thioether (sulfide) groups is 1. The molecule has 6 rings (SSSR count). The number of carbonyl (C=O) groups excluding carboxylic acids is 1. The summed E-state index contributed by atoms with van der Waals surface area (Å²) in [5.41, 5.74) is -2.17. The molecule has 0 bridgehead atoms. The van der Waals surface area contributed by atoms with Crippen LogP contribution in [0.2, 0.25) is 5.02 Å². The number of nitrogens with one attached hydrogen (secondary N) is 1. The molecule has 1 aliphatic heterocycles. The molecule has 5 aromatic rings. The first kappa shape index (κ1) is 57.8. The van der Waals surface area contributed by atoms with Gasteiger partial charge in [0, 0.05) is 46.6 Å². The third-order valence-electron chi connectivity index (χ3n) is 11.3. The van der Waals surface area contributed by atoms with Crippen molar-refractivity contribution < 1.29 is 58.8 Å². The van der Waals surface area contributed by atoms with Gasteiger partial charge in [-0.25, -0.2) is 21.4 Å². The largest absolute Gasteiger partial charge is 0.501 e. The van der Waals surface area contributed by atoms with Crippen LogP contribution in [-0.2, 0) is 35.2 Å². The number of likely N-dealkylation sites (N-methyl/N-ethyl adjacent to an activating group) is 1. The fourth-order valence-electron chi connectivity index (χ4n) is 7.80. The number of halogens is 5. The molecule has 0 unspecified atom stereocenters. The summed E-state index contributed by atoms with van der Waals surface area (Å²) in [6.45, 7) is 3.66.